The molecule has 2 bridgehead atoms. The molecular formula is C14H19N3O2. The van der Waals surface area contributed by atoms with Gasteiger partial charge in [-0.15, -0.1) is 0 Å². The number of fused-ring (bicyclic) bond motifs is 2. The molecule has 2 atom stereocenters. The highest BCUT2D eigenvalue weighted by Crippen LogP contribution is 2.20. The van der Waals surface area contributed by atoms with E-state index >= 15 is 0 Å². The predicted octanol–water partition coefficient (Wildman–Crippen LogP) is 0.201. The average Bonchev–Trinajstić information content (AvgIpc) is 2.71. The van der Waals surface area contributed by atoms with Crippen LogP contribution in [0.3, 0.4) is 0 Å². The second-order valence-corrected chi connectivity index (χ2v) is 5.43. The van der Waals surface area contributed by atoms with Crippen molar-refractivity contribution in [1.29, 1.82) is 0 Å². The summed E-state index contributed by atoms with van der Waals surface area (Å²) in [5.41, 5.74) is -0.120. The molecule has 5 heteroatoms. The average molecular weight is 261 g/mol. The smallest absolute Gasteiger partial charge is 0.250 e. The highest BCUT2D eigenvalue weighted by molar-refractivity contribution is 5.76. The third kappa shape index (κ3) is 2.71. The van der Waals surface area contributed by atoms with Gasteiger partial charge in [0.15, 0.2) is 0 Å². The first-order chi connectivity index (χ1) is 9.22. The van der Waals surface area contributed by atoms with Gasteiger partial charge < -0.3 is 14.8 Å². The first-order valence-electron chi connectivity index (χ1n) is 6.91. The standard InChI is InChI=1S/C14H19N3O2/c18-13-3-1-2-7-16(13)10-14(19)17-8-6-11-4-5-12(9-17)15-11/h1-3,7,11-12,15H,4-6,8-10H2. The van der Waals surface area contributed by atoms with Crippen LogP contribution in [0.1, 0.15) is 19.3 Å². The summed E-state index contributed by atoms with van der Waals surface area (Å²) in [6, 6.07) is 5.96. The Balaban J connectivity index is 1.67. The fourth-order valence-corrected chi connectivity index (χ4v) is 3.01. The molecule has 0 radical (unpaired) electrons. The number of pyridine rings is 1. The number of aromatic nitrogens is 1. The largest absolute Gasteiger partial charge is 0.340 e. The maximum Gasteiger partial charge on any atom is 0.250 e. The third-order valence-corrected chi connectivity index (χ3v) is 4.08. The number of nitrogens with one attached hydrogen (secondary N) is 1. The van der Waals surface area contributed by atoms with Crippen molar-refractivity contribution in [1.82, 2.24) is 14.8 Å². The van der Waals surface area contributed by atoms with E-state index in [0.29, 0.717) is 12.1 Å². The second kappa shape index (κ2) is 5.17. The van der Waals surface area contributed by atoms with E-state index < -0.39 is 0 Å². The second-order valence-electron chi connectivity index (χ2n) is 5.43. The van der Waals surface area contributed by atoms with Crippen LogP contribution in [-0.2, 0) is 11.3 Å². The van der Waals surface area contributed by atoms with Gasteiger partial charge in [0.25, 0.3) is 5.56 Å². The molecule has 1 amide bonds. The Morgan fingerprint density at radius 1 is 1.26 bits per heavy atom. The summed E-state index contributed by atoms with van der Waals surface area (Å²) in [4.78, 5) is 25.8. The molecule has 3 heterocycles. The van der Waals surface area contributed by atoms with Crippen LogP contribution >= 0.6 is 0 Å². The van der Waals surface area contributed by atoms with Gasteiger partial charge in [-0.3, -0.25) is 9.59 Å². The summed E-state index contributed by atoms with van der Waals surface area (Å²) in [5, 5.41) is 3.55. The van der Waals surface area contributed by atoms with E-state index in [1.807, 2.05) is 4.90 Å². The summed E-state index contributed by atoms with van der Waals surface area (Å²) in [6.07, 6.45) is 5.07. The normalized spacial score (nSPS) is 26.2. The third-order valence-electron chi connectivity index (χ3n) is 4.08. The number of amides is 1. The lowest BCUT2D eigenvalue weighted by atomic mass is 10.1. The van der Waals surface area contributed by atoms with Crippen molar-refractivity contribution in [3.8, 4) is 0 Å². The monoisotopic (exact) mass is 261 g/mol. The molecule has 2 fully saturated rings. The lowest BCUT2D eigenvalue weighted by Gasteiger charge is -2.24. The minimum absolute atomic E-state index is 0.0441. The van der Waals surface area contributed by atoms with E-state index in [1.165, 1.54) is 17.1 Å². The van der Waals surface area contributed by atoms with Crippen LogP contribution in [0.4, 0.5) is 0 Å². The molecule has 2 aliphatic rings. The van der Waals surface area contributed by atoms with Gasteiger partial charge in [-0.2, -0.15) is 0 Å². The van der Waals surface area contributed by atoms with Crippen LogP contribution in [0.25, 0.3) is 0 Å². The van der Waals surface area contributed by atoms with Crippen LogP contribution in [0.2, 0.25) is 0 Å². The van der Waals surface area contributed by atoms with Crippen molar-refractivity contribution < 1.29 is 4.79 Å². The van der Waals surface area contributed by atoms with Crippen molar-refractivity contribution >= 4 is 5.91 Å². The van der Waals surface area contributed by atoms with Crippen LogP contribution in [0, 0.1) is 0 Å². The molecule has 19 heavy (non-hydrogen) atoms. The molecule has 3 rings (SSSR count). The van der Waals surface area contributed by atoms with Gasteiger partial charge in [-0.25, -0.2) is 0 Å². The van der Waals surface area contributed by atoms with E-state index in [9.17, 15) is 9.59 Å². The molecule has 1 N–H and O–H groups in total. The topological polar surface area (TPSA) is 54.3 Å². The Bertz CT molecular complexity index is 525. The van der Waals surface area contributed by atoms with Gasteiger partial charge in [0.1, 0.15) is 6.54 Å². The molecule has 2 saturated heterocycles. The molecule has 0 spiro atoms. The summed E-state index contributed by atoms with van der Waals surface area (Å²) >= 11 is 0. The predicted molar refractivity (Wildman–Crippen MR) is 71.8 cm³/mol. The lowest BCUT2D eigenvalue weighted by Crippen LogP contribution is -2.41. The molecule has 2 unspecified atom stereocenters. The van der Waals surface area contributed by atoms with E-state index in [4.69, 9.17) is 0 Å². The molecule has 5 nitrogen and oxygen atoms in total. The van der Waals surface area contributed by atoms with Gasteiger partial charge >= 0.3 is 0 Å². The Morgan fingerprint density at radius 3 is 2.95 bits per heavy atom. The molecule has 0 saturated carbocycles. The van der Waals surface area contributed by atoms with Crippen LogP contribution in [0.15, 0.2) is 29.2 Å². The fraction of sp³-hybridized carbons (Fsp3) is 0.571. The van der Waals surface area contributed by atoms with Gasteiger partial charge in [0.05, 0.1) is 0 Å². The van der Waals surface area contributed by atoms with Crippen molar-refractivity contribution in [3.05, 3.63) is 34.7 Å². The molecule has 1 aromatic heterocycles. The number of rotatable bonds is 2. The number of carbonyl (C=O) groups excluding carboxylic acids is 1. The van der Waals surface area contributed by atoms with E-state index in [-0.39, 0.29) is 18.0 Å². The van der Waals surface area contributed by atoms with Crippen molar-refractivity contribution in [2.75, 3.05) is 13.1 Å². The number of nitrogens with zero attached hydrogens (tertiary/aromatic N) is 2. The molecule has 0 aromatic carbocycles. The summed E-state index contributed by atoms with van der Waals surface area (Å²) in [6.45, 7) is 1.72. The maximum absolute atomic E-state index is 12.3. The summed E-state index contributed by atoms with van der Waals surface area (Å²) in [5.74, 6) is 0.0441. The zero-order valence-corrected chi connectivity index (χ0v) is 10.9. The van der Waals surface area contributed by atoms with Crippen LogP contribution in [0.5, 0.6) is 0 Å². The summed E-state index contributed by atoms with van der Waals surface area (Å²) in [7, 11) is 0. The Hall–Kier alpha value is -1.62. The zero-order valence-electron chi connectivity index (χ0n) is 10.9. The Morgan fingerprint density at radius 2 is 2.11 bits per heavy atom. The maximum atomic E-state index is 12.3. The fourth-order valence-electron chi connectivity index (χ4n) is 3.01. The molecule has 2 aliphatic heterocycles. The van der Waals surface area contributed by atoms with Gasteiger partial charge in [-0.1, -0.05) is 6.07 Å². The number of hydrogen-bond donors (Lipinski definition) is 1. The molecule has 102 valence electrons. The van der Waals surface area contributed by atoms with E-state index in [0.717, 1.165) is 25.9 Å². The SMILES string of the molecule is O=C(Cn1ccccc1=O)N1CCC2CCC(C1)N2. The zero-order chi connectivity index (χ0) is 13.2. The minimum Gasteiger partial charge on any atom is -0.340 e. The van der Waals surface area contributed by atoms with Gasteiger partial charge in [-0.05, 0) is 25.3 Å². The highest BCUT2D eigenvalue weighted by Gasteiger charge is 2.30. The molecule has 0 aliphatic carbocycles. The molecule has 1 aromatic rings. The van der Waals surface area contributed by atoms with Crippen molar-refractivity contribution in [2.45, 2.75) is 37.9 Å². The number of likely N-dealkylation sites (tertiary alicyclic amines) is 1. The van der Waals surface area contributed by atoms with Crippen molar-refractivity contribution in [2.24, 2.45) is 0 Å². The van der Waals surface area contributed by atoms with E-state index in [2.05, 4.69) is 5.32 Å². The van der Waals surface area contributed by atoms with Crippen LogP contribution < -0.4 is 10.9 Å². The van der Waals surface area contributed by atoms with E-state index in [1.54, 1.807) is 18.3 Å². The quantitative estimate of drug-likeness (QED) is 0.827. The van der Waals surface area contributed by atoms with Crippen LogP contribution in [-0.4, -0.2) is 40.5 Å². The molecular weight excluding hydrogens is 242 g/mol. The van der Waals surface area contributed by atoms with Gasteiger partial charge in [0, 0.05) is 37.4 Å². The summed E-state index contributed by atoms with van der Waals surface area (Å²) < 4.78 is 1.47. The van der Waals surface area contributed by atoms with Crippen molar-refractivity contribution in [3.63, 3.8) is 0 Å². The highest BCUT2D eigenvalue weighted by atomic mass is 16.2. The first-order valence-corrected chi connectivity index (χ1v) is 6.91. The lowest BCUT2D eigenvalue weighted by molar-refractivity contribution is -0.132. The Kier molecular flexibility index (Phi) is 3.38. The van der Waals surface area contributed by atoms with Gasteiger partial charge in [0.2, 0.25) is 5.91 Å². The number of hydrogen-bond acceptors (Lipinski definition) is 3. The minimum atomic E-state index is -0.120. The Labute approximate surface area is 112 Å². The first kappa shape index (κ1) is 12.4. The number of carbonyl (C=O) groups is 1.